The molecule has 0 bridgehead atoms. The number of carbonyl (C=O) groups excluding carboxylic acids is 2. The number of likely N-dealkylation sites (tertiary alicyclic amines) is 1. The van der Waals surface area contributed by atoms with Crippen molar-refractivity contribution in [2.24, 2.45) is 5.92 Å². The van der Waals surface area contributed by atoms with E-state index < -0.39 is 0 Å². The Balaban J connectivity index is 1.46. The largest absolute Gasteiger partial charge is 0.481 e. The van der Waals surface area contributed by atoms with Gasteiger partial charge >= 0.3 is 0 Å². The van der Waals surface area contributed by atoms with Crippen molar-refractivity contribution in [3.63, 3.8) is 0 Å². The molecule has 28 heavy (non-hydrogen) atoms. The van der Waals surface area contributed by atoms with Crippen molar-refractivity contribution in [3.05, 3.63) is 22.9 Å². The maximum Gasteiger partial charge on any atom is 0.256 e. The first-order valence-electron chi connectivity index (χ1n) is 10.4. The third-order valence-corrected chi connectivity index (χ3v) is 6.36. The molecule has 0 aromatic carbocycles. The van der Waals surface area contributed by atoms with Gasteiger partial charge in [-0.15, -0.1) is 0 Å². The predicted octanol–water partition coefficient (Wildman–Crippen LogP) is 1.95. The second-order valence-corrected chi connectivity index (χ2v) is 8.34. The molecule has 1 aromatic heterocycles. The van der Waals surface area contributed by atoms with Crippen molar-refractivity contribution >= 4 is 11.8 Å². The lowest BCUT2D eigenvalue weighted by atomic mass is 9.97. The number of nitrogens with zero attached hydrogens (tertiary/aromatic N) is 3. The average molecular weight is 386 g/mol. The Labute approximate surface area is 166 Å². The van der Waals surface area contributed by atoms with Gasteiger partial charge in [0.05, 0.1) is 30.8 Å². The zero-order valence-corrected chi connectivity index (χ0v) is 16.9. The zero-order chi connectivity index (χ0) is 19.7. The fraction of sp³-hybridized carbons (Fsp3) is 0.667. The minimum Gasteiger partial charge on any atom is -0.481 e. The molecule has 1 atom stereocenters. The van der Waals surface area contributed by atoms with E-state index in [2.05, 4.69) is 22.2 Å². The molecule has 152 valence electrons. The van der Waals surface area contributed by atoms with E-state index in [1.165, 1.54) is 12.8 Å². The summed E-state index contributed by atoms with van der Waals surface area (Å²) in [6.45, 7) is 2.74. The lowest BCUT2D eigenvalue weighted by Crippen LogP contribution is -2.41. The molecule has 2 amide bonds. The van der Waals surface area contributed by atoms with Crippen molar-refractivity contribution < 1.29 is 14.3 Å². The molecule has 1 aliphatic carbocycles. The van der Waals surface area contributed by atoms with Crippen LogP contribution in [0.1, 0.15) is 60.1 Å². The van der Waals surface area contributed by atoms with Crippen LogP contribution in [-0.2, 0) is 17.9 Å². The van der Waals surface area contributed by atoms with E-state index in [0.29, 0.717) is 30.6 Å². The van der Waals surface area contributed by atoms with Gasteiger partial charge < -0.3 is 19.9 Å². The number of hydrogen-bond donors (Lipinski definition) is 1. The highest BCUT2D eigenvalue weighted by Gasteiger charge is 2.36. The highest BCUT2D eigenvalue weighted by atomic mass is 16.5. The number of aromatic nitrogens is 1. The first-order valence-corrected chi connectivity index (χ1v) is 10.4. The summed E-state index contributed by atoms with van der Waals surface area (Å²) in [5, 5.41) is 3.03. The average Bonchev–Trinajstić information content (AvgIpc) is 3.33. The lowest BCUT2D eigenvalue weighted by Gasteiger charge is -2.28. The molecule has 2 aliphatic heterocycles. The Bertz CT molecular complexity index is 760. The van der Waals surface area contributed by atoms with Crippen molar-refractivity contribution in [1.82, 2.24) is 20.1 Å². The highest BCUT2D eigenvalue weighted by molar-refractivity contribution is 5.98. The van der Waals surface area contributed by atoms with E-state index >= 15 is 0 Å². The standard InChI is InChI=1S/C21H30N4O3/c1-24-9-5-6-14(12-24)19(26)22-11-15-10-17-18(23-20(15)28-2)13-25(21(17)27)16-7-3-4-8-16/h10,14,16H,3-9,11-13H2,1-2H3,(H,22,26). The molecule has 3 heterocycles. The topological polar surface area (TPSA) is 74.8 Å². The lowest BCUT2D eigenvalue weighted by molar-refractivity contribution is -0.126. The smallest absolute Gasteiger partial charge is 0.256 e. The third kappa shape index (κ3) is 3.72. The van der Waals surface area contributed by atoms with Gasteiger partial charge in [0.1, 0.15) is 0 Å². The van der Waals surface area contributed by atoms with E-state index in [4.69, 9.17) is 4.74 Å². The molecule has 1 unspecified atom stereocenters. The highest BCUT2D eigenvalue weighted by Crippen LogP contribution is 2.33. The quantitative estimate of drug-likeness (QED) is 0.837. The van der Waals surface area contributed by atoms with Gasteiger partial charge in [0.2, 0.25) is 11.8 Å². The van der Waals surface area contributed by atoms with Gasteiger partial charge in [-0.1, -0.05) is 12.8 Å². The molecule has 0 radical (unpaired) electrons. The van der Waals surface area contributed by atoms with Crippen LogP contribution in [0.15, 0.2) is 6.07 Å². The molecule has 1 aromatic rings. The fourth-order valence-corrected chi connectivity index (χ4v) is 4.79. The summed E-state index contributed by atoms with van der Waals surface area (Å²) in [7, 11) is 3.64. The van der Waals surface area contributed by atoms with Gasteiger partial charge in [-0.05, 0) is 45.3 Å². The zero-order valence-electron chi connectivity index (χ0n) is 16.9. The van der Waals surface area contributed by atoms with E-state index in [1.54, 1.807) is 7.11 Å². The van der Waals surface area contributed by atoms with Crippen LogP contribution in [0.25, 0.3) is 0 Å². The summed E-state index contributed by atoms with van der Waals surface area (Å²) in [6, 6.07) is 2.20. The summed E-state index contributed by atoms with van der Waals surface area (Å²) in [4.78, 5) is 34.2. The number of carbonyl (C=O) groups is 2. The number of rotatable bonds is 5. The minimum absolute atomic E-state index is 0.0200. The molecule has 2 fully saturated rings. The maximum absolute atomic E-state index is 12.9. The number of nitrogens with one attached hydrogen (secondary N) is 1. The van der Waals surface area contributed by atoms with Crippen LogP contribution in [0.2, 0.25) is 0 Å². The maximum atomic E-state index is 12.9. The number of fused-ring (bicyclic) bond motifs is 1. The van der Waals surface area contributed by atoms with E-state index in [1.807, 2.05) is 11.0 Å². The van der Waals surface area contributed by atoms with Crippen LogP contribution in [0.3, 0.4) is 0 Å². The molecule has 1 saturated heterocycles. The number of methoxy groups -OCH3 is 1. The molecule has 7 nitrogen and oxygen atoms in total. The number of amides is 2. The third-order valence-electron chi connectivity index (χ3n) is 6.36. The first-order chi connectivity index (χ1) is 13.6. The summed E-state index contributed by atoms with van der Waals surface area (Å²) in [6.07, 6.45) is 6.50. The Morgan fingerprint density at radius 2 is 2.07 bits per heavy atom. The van der Waals surface area contributed by atoms with Crippen LogP contribution >= 0.6 is 0 Å². The summed E-state index contributed by atoms with van der Waals surface area (Å²) in [5.74, 6) is 0.652. The second-order valence-electron chi connectivity index (χ2n) is 8.34. The number of hydrogen-bond acceptors (Lipinski definition) is 5. The second kappa shape index (κ2) is 8.07. The molecule has 1 N–H and O–H groups in total. The van der Waals surface area contributed by atoms with Crippen LogP contribution in [0.5, 0.6) is 5.88 Å². The van der Waals surface area contributed by atoms with Crippen molar-refractivity contribution in [2.45, 2.75) is 57.7 Å². The van der Waals surface area contributed by atoms with Gasteiger partial charge in [-0.2, -0.15) is 0 Å². The number of piperidine rings is 1. The molecular weight excluding hydrogens is 356 g/mol. The van der Waals surface area contributed by atoms with E-state index in [0.717, 1.165) is 50.0 Å². The normalized spacial score (nSPS) is 23.1. The summed E-state index contributed by atoms with van der Waals surface area (Å²) < 4.78 is 5.46. The Kier molecular flexibility index (Phi) is 5.53. The Hall–Kier alpha value is -2.15. The van der Waals surface area contributed by atoms with Crippen molar-refractivity contribution in [3.8, 4) is 5.88 Å². The SMILES string of the molecule is COc1nc2c(cc1CNC(=O)C1CCCN(C)C1)C(=O)N(C1CCCC1)C2. The van der Waals surface area contributed by atoms with Crippen LogP contribution < -0.4 is 10.1 Å². The molecule has 1 saturated carbocycles. The Morgan fingerprint density at radius 3 is 2.79 bits per heavy atom. The summed E-state index contributed by atoms with van der Waals surface area (Å²) >= 11 is 0. The number of ether oxygens (including phenoxy) is 1. The number of pyridine rings is 1. The summed E-state index contributed by atoms with van der Waals surface area (Å²) in [5.41, 5.74) is 2.22. The van der Waals surface area contributed by atoms with E-state index in [9.17, 15) is 9.59 Å². The van der Waals surface area contributed by atoms with Crippen LogP contribution in [0, 0.1) is 5.92 Å². The van der Waals surface area contributed by atoms with Crippen LogP contribution in [0.4, 0.5) is 0 Å². The molecule has 3 aliphatic rings. The predicted molar refractivity (Wildman–Crippen MR) is 105 cm³/mol. The van der Waals surface area contributed by atoms with Gasteiger partial charge in [-0.25, -0.2) is 4.98 Å². The molecule has 4 rings (SSSR count). The Morgan fingerprint density at radius 1 is 1.29 bits per heavy atom. The van der Waals surface area contributed by atoms with Crippen LogP contribution in [-0.4, -0.2) is 59.9 Å². The molecule has 0 spiro atoms. The van der Waals surface area contributed by atoms with Gasteiger partial charge in [0.15, 0.2) is 0 Å². The fourth-order valence-electron chi connectivity index (χ4n) is 4.79. The van der Waals surface area contributed by atoms with Crippen molar-refractivity contribution in [2.75, 3.05) is 27.2 Å². The molecule has 7 heteroatoms. The molecular formula is C21H30N4O3. The monoisotopic (exact) mass is 386 g/mol. The van der Waals surface area contributed by atoms with Gasteiger partial charge in [0.25, 0.3) is 5.91 Å². The van der Waals surface area contributed by atoms with Gasteiger partial charge in [0, 0.05) is 24.7 Å². The van der Waals surface area contributed by atoms with Crippen molar-refractivity contribution in [1.29, 1.82) is 0 Å². The first kappa shape index (κ1) is 19.2. The van der Waals surface area contributed by atoms with Gasteiger partial charge in [-0.3, -0.25) is 9.59 Å². The van der Waals surface area contributed by atoms with E-state index in [-0.39, 0.29) is 17.7 Å². The minimum atomic E-state index is 0.0200.